The molecule has 1 spiro atoms. The molecule has 6 saturated carbocycles. The van der Waals surface area contributed by atoms with Gasteiger partial charge in [0.2, 0.25) is 0 Å². The molecule has 0 aromatic carbocycles. The molecule has 7 aliphatic rings. The summed E-state index contributed by atoms with van der Waals surface area (Å²) in [4.78, 5) is 26.8. The molecule has 7 atom stereocenters. The van der Waals surface area contributed by atoms with Crippen LogP contribution in [-0.2, 0) is 19.1 Å². The van der Waals surface area contributed by atoms with Crippen molar-refractivity contribution in [3.8, 4) is 0 Å². The molecular weight excluding hydrogens is 376 g/mol. The van der Waals surface area contributed by atoms with Crippen molar-refractivity contribution < 1.29 is 19.1 Å². The van der Waals surface area contributed by atoms with Gasteiger partial charge in [0.25, 0.3) is 0 Å². The second-order valence-corrected chi connectivity index (χ2v) is 11.2. The molecule has 0 aromatic heterocycles. The maximum atomic E-state index is 13.5. The lowest BCUT2D eigenvalue weighted by atomic mass is 9.39. The van der Waals surface area contributed by atoms with Crippen LogP contribution >= 0.6 is 0 Å². The lowest BCUT2D eigenvalue weighted by Gasteiger charge is -2.64. The lowest BCUT2D eigenvalue weighted by Crippen LogP contribution is -2.63. The fraction of sp³-hybridized carbons (Fsp3) is 0.846. The highest BCUT2D eigenvalue weighted by Gasteiger charge is 2.73. The molecule has 7 unspecified atom stereocenters. The third-order valence-electron chi connectivity index (χ3n) is 9.80. The Balaban J connectivity index is 1.23. The van der Waals surface area contributed by atoms with Crippen molar-refractivity contribution in [2.75, 3.05) is 0 Å². The molecule has 30 heavy (non-hydrogen) atoms. The molecule has 0 saturated heterocycles. The Morgan fingerprint density at radius 2 is 1.40 bits per heavy atom. The van der Waals surface area contributed by atoms with Gasteiger partial charge in [0, 0.05) is 0 Å². The number of carbonyl (C=O) groups excluding carboxylic acids is 2. The Morgan fingerprint density at radius 1 is 0.767 bits per heavy atom. The van der Waals surface area contributed by atoms with E-state index in [0.717, 1.165) is 64.2 Å². The van der Waals surface area contributed by atoms with Crippen LogP contribution in [0.4, 0.5) is 0 Å². The summed E-state index contributed by atoms with van der Waals surface area (Å²) < 4.78 is 12.1. The Kier molecular flexibility index (Phi) is 4.76. The van der Waals surface area contributed by atoms with E-state index in [-0.39, 0.29) is 41.4 Å². The zero-order valence-electron chi connectivity index (χ0n) is 18.1. The van der Waals surface area contributed by atoms with Gasteiger partial charge in [-0.3, -0.25) is 9.59 Å². The van der Waals surface area contributed by atoms with Gasteiger partial charge in [-0.15, -0.1) is 0 Å². The fourth-order valence-electron chi connectivity index (χ4n) is 8.52. The predicted octanol–water partition coefficient (Wildman–Crippen LogP) is 5.20. The third-order valence-corrected chi connectivity index (χ3v) is 9.80. The molecule has 164 valence electrons. The van der Waals surface area contributed by atoms with E-state index in [2.05, 4.69) is 12.2 Å². The smallest absolute Gasteiger partial charge is 0.310 e. The highest BCUT2D eigenvalue weighted by atomic mass is 16.6. The zero-order valence-corrected chi connectivity index (χ0v) is 18.1. The van der Waals surface area contributed by atoms with Crippen LogP contribution in [0, 0.1) is 40.9 Å². The van der Waals surface area contributed by atoms with Crippen molar-refractivity contribution in [2.24, 2.45) is 40.9 Å². The number of esters is 2. The summed E-state index contributed by atoms with van der Waals surface area (Å²) in [6.45, 7) is 0. The molecule has 0 N–H and O–H groups in total. The Labute approximate surface area is 180 Å². The molecule has 7 aliphatic carbocycles. The first-order valence-electron chi connectivity index (χ1n) is 12.7. The van der Waals surface area contributed by atoms with Crippen molar-refractivity contribution in [2.45, 2.75) is 95.7 Å². The van der Waals surface area contributed by atoms with Gasteiger partial charge in [-0.2, -0.15) is 0 Å². The fourth-order valence-corrected chi connectivity index (χ4v) is 8.52. The minimum Gasteiger partial charge on any atom is -0.462 e. The van der Waals surface area contributed by atoms with Gasteiger partial charge in [0.05, 0.1) is 11.8 Å². The van der Waals surface area contributed by atoms with E-state index in [1.54, 1.807) is 0 Å². The van der Waals surface area contributed by atoms with Gasteiger partial charge in [-0.05, 0) is 99.7 Å². The molecule has 0 amide bonds. The van der Waals surface area contributed by atoms with E-state index in [9.17, 15) is 9.59 Å². The highest BCUT2D eigenvalue weighted by Crippen LogP contribution is 2.76. The average molecular weight is 413 g/mol. The van der Waals surface area contributed by atoms with Crippen LogP contribution in [0.2, 0.25) is 0 Å². The quantitative estimate of drug-likeness (QED) is 0.470. The van der Waals surface area contributed by atoms with Gasteiger partial charge < -0.3 is 9.47 Å². The predicted molar refractivity (Wildman–Crippen MR) is 112 cm³/mol. The second-order valence-electron chi connectivity index (χ2n) is 11.2. The molecule has 0 heterocycles. The maximum absolute atomic E-state index is 13.5. The summed E-state index contributed by atoms with van der Waals surface area (Å²) in [7, 11) is 0. The summed E-state index contributed by atoms with van der Waals surface area (Å²) in [6.07, 6.45) is 19.2. The van der Waals surface area contributed by atoms with Crippen LogP contribution in [0.5, 0.6) is 0 Å². The van der Waals surface area contributed by atoms with E-state index in [0.29, 0.717) is 23.7 Å². The average Bonchev–Trinajstić information content (AvgIpc) is 3.31. The summed E-state index contributed by atoms with van der Waals surface area (Å²) in [5.41, 5.74) is 0.266. The number of allylic oxidation sites excluding steroid dienone is 2. The molecule has 4 heteroatoms. The van der Waals surface area contributed by atoms with Crippen molar-refractivity contribution in [1.29, 1.82) is 0 Å². The summed E-state index contributed by atoms with van der Waals surface area (Å²) in [5, 5.41) is 0. The first-order chi connectivity index (χ1) is 14.7. The molecule has 4 nitrogen and oxygen atoms in total. The van der Waals surface area contributed by atoms with E-state index in [1.807, 2.05) is 0 Å². The van der Waals surface area contributed by atoms with E-state index in [1.165, 1.54) is 19.3 Å². The largest absolute Gasteiger partial charge is 0.462 e. The van der Waals surface area contributed by atoms with Crippen LogP contribution in [0.25, 0.3) is 0 Å². The third kappa shape index (κ3) is 2.92. The summed E-state index contributed by atoms with van der Waals surface area (Å²) >= 11 is 0. The minimum atomic E-state index is -0.286. The highest BCUT2D eigenvalue weighted by molar-refractivity contribution is 5.83. The van der Waals surface area contributed by atoms with Gasteiger partial charge in [-0.25, -0.2) is 0 Å². The number of fused-ring (bicyclic) bond motifs is 4. The van der Waals surface area contributed by atoms with Crippen LogP contribution in [0.15, 0.2) is 12.2 Å². The number of carbonyl (C=O) groups is 2. The zero-order chi connectivity index (χ0) is 20.3. The van der Waals surface area contributed by atoms with E-state index < -0.39 is 0 Å². The van der Waals surface area contributed by atoms with Crippen molar-refractivity contribution in [1.82, 2.24) is 0 Å². The van der Waals surface area contributed by atoms with Crippen molar-refractivity contribution >= 4 is 11.9 Å². The first-order valence-corrected chi connectivity index (χ1v) is 12.7. The van der Waals surface area contributed by atoms with Crippen molar-refractivity contribution in [3.05, 3.63) is 12.2 Å². The molecule has 0 radical (unpaired) electrons. The number of rotatable bonds is 4. The second kappa shape index (κ2) is 7.38. The number of hydrogen-bond donors (Lipinski definition) is 0. The lowest BCUT2D eigenvalue weighted by molar-refractivity contribution is -0.206. The number of hydrogen-bond acceptors (Lipinski definition) is 4. The maximum Gasteiger partial charge on any atom is 0.310 e. The summed E-state index contributed by atoms with van der Waals surface area (Å²) in [6, 6.07) is 0. The minimum absolute atomic E-state index is 0.0627. The topological polar surface area (TPSA) is 52.6 Å². The van der Waals surface area contributed by atoms with Crippen LogP contribution in [-0.4, -0.2) is 24.1 Å². The SMILES string of the molecule is O=C(OC1CCCCC1)C1CC23CC(C1C(=O)OC1CCCCC1)C2C1C=CC3C1. The van der Waals surface area contributed by atoms with Gasteiger partial charge >= 0.3 is 11.9 Å². The number of ether oxygens (including phenoxy) is 2. The molecule has 4 bridgehead atoms. The van der Waals surface area contributed by atoms with E-state index in [4.69, 9.17) is 9.47 Å². The normalized spacial score (nSPS) is 44.9. The Hall–Kier alpha value is -1.32. The first kappa shape index (κ1) is 19.4. The monoisotopic (exact) mass is 412 g/mol. The molecule has 0 aromatic rings. The Bertz CT molecular complexity index is 731. The molecule has 7 rings (SSSR count). The molecule has 6 fully saturated rings. The van der Waals surface area contributed by atoms with Crippen molar-refractivity contribution in [3.63, 3.8) is 0 Å². The van der Waals surface area contributed by atoms with Gasteiger partial charge in [-0.1, -0.05) is 25.0 Å². The van der Waals surface area contributed by atoms with Crippen LogP contribution in [0.3, 0.4) is 0 Å². The van der Waals surface area contributed by atoms with E-state index >= 15 is 0 Å². The molecular formula is C26H36O4. The van der Waals surface area contributed by atoms with Gasteiger partial charge in [0.15, 0.2) is 0 Å². The Morgan fingerprint density at radius 3 is 2.07 bits per heavy atom. The van der Waals surface area contributed by atoms with Gasteiger partial charge in [0.1, 0.15) is 12.2 Å². The van der Waals surface area contributed by atoms with Crippen LogP contribution in [0.1, 0.15) is 83.5 Å². The summed E-state index contributed by atoms with van der Waals surface area (Å²) in [5.74, 6) is 1.40. The molecule has 0 aliphatic heterocycles. The standard InChI is InChI=1S/C26H36O4/c27-24(29-18-7-3-1-4-8-18)21-15-26-14-20(23(26)16-11-12-17(26)13-16)22(21)25(28)30-19-9-5-2-6-10-19/h11-12,16-23H,1-10,13-15H2. The van der Waals surface area contributed by atoms with Crippen LogP contribution < -0.4 is 0 Å².